The first-order valence-corrected chi connectivity index (χ1v) is 10.3. The zero-order chi connectivity index (χ0) is 23.5. The number of hydrogen-bond acceptors (Lipinski definition) is 5. The second kappa shape index (κ2) is 11.0. The van der Waals surface area contributed by atoms with Gasteiger partial charge in [-0.15, -0.1) is 12.4 Å². The van der Waals surface area contributed by atoms with E-state index in [0.717, 1.165) is 17.3 Å². The average Bonchev–Trinajstić information content (AvgIpc) is 2.71. The molecule has 1 aromatic carbocycles. The van der Waals surface area contributed by atoms with Crippen LogP contribution in [0.1, 0.15) is 42.3 Å². The third-order valence-corrected chi connectivity index (χ3v) is 5.06. The van der Waals surface area contributed by atoms with Crippen LogP contribution in [0.3, 0.4) is 0 Å². The molecule has 1 atom stereocenters. The number of likely N-dealkylation sites (N-methyl/N-ethyl adjacent to an activating group) is 1. The van der Waals surface area contributed by atoms with Gasteiger partial charge in [-0.05, 0) is 50.6 Å². The van der Waals surface area contributed by atoms with E-state index in [-0.39, 0.29) is 37.1 Å². The number of hydrogen-bond donors (Lipinski definition) is 3. The molecule has 0 saturated carbocycles. The molecule has 182 valence electrons. The Labute approximate surface area is 195 Å². The maximum absolute atomic E-state index is 14.0. The van der Waals surface area contributed by atoms with E-state index in [1.807, 2.05) is 13.8 Å². The van der Waals surface area contributed by atoms with Crippen LogP contribution in [0.15, 0.2) is 24.4 Å². The lowest BCUT2D eigenvalue weighted by Crippen LogP contribution is -2.46. The van der Waals surface area contributed by atoms with Crippen LogP contribution in [0.25, 0.3) is 0 Å². The van der Waals surface area contributed by atoms with E-state index in [1.165, 1.54) is 6.07 Å². The molecule has 0 spiro atoms. The highest BCUT2D eigenvalue weighted by Gasteiger charge is 2.34. The highest BCUT2D eigenvalue weighted by Crippen LogP contribution is 2.32. The van der Waals surface area contributed by atoms with Crippen LogP contribution >= 0.6 is 12.4 Å². The van der Waals surface area contributed by atoms with E-state index in [2.05, 4.69) is 25.9 Å². The summed E-state index contributed by atoms with van der Waals surface area (Å²) in [6.07, 6.45) is -2.45. The second-order valence-electron chi connectivity index (χ2n) is 7.93. The normalized spacial score (nSPS) is 14.4. The van der Waals surface area contributed by atoms with Crippen molar-refractivity contribution < 1.29 is 22.4 Å². The predicted octanol–water partition coefficient (Wildman–Crippen LogP) is 3.91. The molecule has 1 aromatic heterocycles. The standard InChI is InChI=1S/C21H26F4N6O.ClH/c1-12(2)28-19-27-9-14-6-7-31(11-18(14)29-19)20(32)30-17(10-26-3)13-4-5-15(16(22)8-13)21(23,24)25;/h4-5,8-9,12,17,26H,6-7,10-11H2,1-3H3,(H,30,32)(H,27,28,29);1H. The fourth-order valence-corrected chi connectivity index (χ4v) is 3.48. The van der Waals surface area contributed by atoms with Crippen LogP contribution in [0.5, 0.6) is 0 Å². The number of halogens is 5. The first-order chi connectivity index (χ1) is 15.1. The van der Waals surface area contributed by atoms with Crippen LogP contribution in [0, 0.1) is 5.82 Å². The van der Waals surface area contributed by atoms with Gasteiger partial charge < -0.3 is 20.9 Å². The molecule has 0 saturated heterocycles. The van der Waals surface area contributed by atoms with Crippen molar-refractivity contribution in [2.75, 3.05) is 25.5 Å². The van der Waals surface area contributed by atoms with Crippen LogP contribution in [0.4, 0.5) is 28.3 Å². The molecule has 1 aliphatic rings. The van der Waals surface area contributed by atoms with E-state index in [1.54, 1.807) is 18.1 Å². The Hall–Kier alpha value is -2.66. The Morgan fingerprint density at radius 1 is 1.27 bits per heavy atom. The molecule has 0 bridgehead atoms. The molecule has 3 N–H and O–H groups in total. The molecular formula is C21H27ClF4N6O. The lowest BCUT2D eigenvalue weighted by molar-refractivity contribution is -0.140. The van der Waals surface area contributed by atoms with Gasteiger partial charge in [0.05, 0.1) is 23.8 Å². The molecule has 33 heavy (non-hydrogen) atoms. The van der Waals surface area contributed by atoms with Gasteiger partial charge >= 0.3 is 12.2 Å². The molecule has 1 unspecified atom stereocenters. The number of anilines is 1. The lowest BCUT2D eigenvalue weighted by Gasteiger charge is -2.30. The maximum Gasteiger partial charge on any atom is 0.419 e. The van der Waals surface area contributed by atoms with Gasteiger partial charge in [0.15, 0.2) is 0 Å². The third-order valence-electron chi connectivity index (χ3n) is 5.06. The molecule has 7 nitrogen and oxygen atoms in total. The lowest BCUT2D eigenvalue weighted by atomic mass is 10.0. The summed E-state index contributed by atoms with van der Waals surface area (Å²) < 4.78 is 52.6. The minimum absolute atomic E-state index is 0. The number of carbonyl (C=O) groups excluding carboxylic acids is 1. The van der Waals surface area contributed by atoms with E-state index in [4.69, 9.17) is 0 Å². The van der Waals surface area contributed by atoms with Gasteiger partial charge in [-0.3, -0.25) is 0 Å². The zero-order valence-corrected chi connectivity index (χ0v) is 19.3. The van der Waals surface area contributed by atoms with Crippen molar-refractivity contribution in [2.24, 2.45) is 0 Å². The largest absolute Gasteiger partial charge is 0.419 e. The highest BCUT2D eigenvalue weighted by atomic mass is 35.5. The molecule has 3 rings (SSSR count). The topological polar surface area (TPSA) is 82.2 Å². The number of amides is 2. The minimum Gasteiger partial charge on any atom is -0.352 e. The van der Waals surface area contributed by atoms with Crippen molar-refractivity contribution in [3.63, 3.8) is 0 Å². The first-order valence-electron chi connectivity index (χ1n) is 10.3. The van der Waals surface area contributed by atoms with Gasteiger partial charge in [-0.2, -0.15) is 13.2 Å². The van der Waals surface area contributed by atoms with Crippen molar-refractivity contribution in [2.45, 2.75) is 45.1 Å². The van der Waals surface area contributed by atoms with Gasteiger partial charge in [0.2, 0.25) is 5.95 Å². The van der Waals surface area contributed by atoms with Crippen molar-refractivity contribution in [1.82, 2.24) is 25.5 Å². The van der Waals surface area contributed by atoms with E-state index < -0.39 is 29.6 Å². The molecule has 0 radical (unpaired) electrons. The monoisotopic (exact) mass is 490 g/mol. The van der Waals surface area contributed by atoms with Gasteiger partial charge in [0.1, 0.15) is 5.82 Å². The molecular weight excluding hydrogens is 464 g/mol. The molecule has 2 aromatic rings. The fraction of sp³-hybridized carbons (Fsp3) is 0.476. The van der Waals surface area contributed by atoms with Crippen LogP contribution in [-0.2, 0) is 19.1 Å². The Bertz CT molecular complexity index is 972. The summed E-state index contributed by atoms with van der Waals surface area (Å²) in [5.74, 6) is -0.895. The summed E-state index contributed by atoms with van der Waals surface area (Å²) in [7, 11) is 1.64. The number of aromatic nitrogens is 2. The molecule has 0 aliphatic carbocycles. The van der Waals surface area contributed by atoms with E-state index in [0.29, 0.717) is 25.0 Å². The zero-order valence-electron chi connectivity index (χ0n) is 18.5. The summed E-state index contributed by atoms with van der Waals surface area (Å²) in [6.45, 7) is 4.85. The summed E-state index contributed by atoms with van der Waals surface area (Å²) in [5, 5.41) is 8.78. The number of rotatable bonds is 6. The number of benzene rings is 1. The predicted molar refractivity (Wildman–Crippen MR) is 119 cm³/mol. The molecule has 12 heteroatoms. The SMILES string of the molecule is CNCC(NC(=O)N1CCc2cnc(NC(C)C)nc2C1)c1ccc(C(F)(F)F)c(F)c1.Cl. The fourth-order valence-electron chi connectivity index (χ4n) is 3.48. The molecule has 0 fully saturated rings. The third kappa shape index (κ3) is 6.67. The quantitative estimate of drug-likeness (QED) is 0.535. The Balaban J connectivity index is 0.00000385. The summed E-state index contributed by atoms with van der Waals surface area (Å²) in [6, 6.07) is 1.71. The average molecular weight is 491 g/mol. The Morgan fingerprint density at radius 3 is 2.61 bits per heavy atom. The van der Waals surface area contributed by atoms with Crippen molar-refractivity contribution in [3.8, 4) is 0 Å². The molecule has 2 amide bonds. The van der Waals surface area contributed by atoms with E-state index in [9.17, 15) is 22.4 Å². The Morgan fingerprint density at radius 2 is 2.00 bits per heavy atom. The van der Waals surface area contributed by atoms with Crippen LogP contribution in [0.2, 0.25) is 0 Å². The Kier molecular flexibility index (Phi) is 8.84. The van der Waals surface area contributed by atoms with Gasteiger partial charge in [-0.25, -0.2) is 19.2 Å². The maximum atomic E-state index is 14.0. The number of urea groups is 1. The van der Waals surface area contributed by atoms with Crippen LogP contribution < -0.4 is 16.0 Å². The number of fused-ring (bicyclic) bond motifs is 1. The number of carbonyl (C=O) groups is 1. The van der Waals surface area contributed by atoms with Gasteiger partial charge in [0.25, 0.3) is 0 Å². The first kappa shape index (κ1) is 26.6. The minimum atomic E-state index is -4.78. The van der Waals surface area contributed by atoms with Crippen LogP contribution in [-0.4, -0.2) is 47.1 Å². The highest BCUT2D eigenvalue weighted by molar-refractivity contribution is 5.85. The summed E-state index contributed by atoms with van der Waals surface area (Å²) in [5.41, 5.74) is 0.588. The van der Waals surface area contributed by atoms with E-state index >= 15 is 0 Å². The van der Waals surface area contributed by atoms with Gasteiger partial charge in [0, 0.05) is 25.3 Å². The molecule has 1 aliphatic heterocycles. The van der Waals surface area contributed by atoms with Crippen molar-refractivity contribution in [1.29, 1.82) is 0 Å². The van der Waals surface area contributed by atoms with Crippen molar-refractivity contribution >= 4 is 24.4 Å². The number of alkyl halides is 3. The van der Waals surface area contributed by atoms with Crippen molar-refractivity contribution in [3.05, 3.63) is 52.6 Å². The number of nitrogens with zero attached hydrogens (tertiary/aromatic N) is 3. The summed E-state index contributed by atoms with van der Waals surface area (Å²) in [4.78, 5) is 23.2. The molecule has 2 heterocycles. The second-order valence-corrected chi connectivity index (χ2v) is 7.93. The smallest absolute Gasteiger partial charge is 0.352 e. The summed E-state index contributed by atoms with van der Waals surface area (Å²) >= 11 is 0. The van der Waals surface area contributed by atoms with Gasteiger partial charge in [-0.1, -0.05) is 6.07 Å². The number of nitrogens with one attached hydrogen (secondary N) is 3.